The fraction of sp³-hybridized carbons (Fsp3) is 0.409. The average Bonchev–Trinajstić information content (AvgIpc) is 3.49. The molecule has 1 saturated carbocycles. The third-order valence-electron chi connectivity index (χ3n) is 5.42. The van der Waals surface area contributed by atoms with Gasteiger partial charge in [0.05, 0.1) is 13.7 Å². The van der Waals surface area contributed by atoms with Crippen molar-refractivity contribution >= 4 is 11.6 Å². The molecule has 136 valence electrons. The van der Waals surface area contributed by atoms with Gasteiger partial charge in [0.2, 0.25) is 5.91 Å². The van der Waals surface area contributed by atoms with E-state index in [1.807, 2.05) is 29.2 Å². The van der Waals surface area contributed by atoms with Crippen molar-refractivity contribution in [3.8, 4) is 5.75 Å². The molecule has 4 nitrogen and oxygen atoms in total. The highest BCUT2D eigenvalue weighted by atomic mass is 16.5. The first kappa shape index (κ1) is 17.1. The summed E-state index contributed by atoms with van der Waals surface area (Å²) in [6, 6.07) is 18.8. The van der Waals surface area contributed by atoms with E-state index in [-0.39, 0.29) is 5.91 Å². The van der Waals surface area contributed by atoms with Crippen LogP contribution in [-0.4, -0.2) is 43.6 Å². The van der Waals surface area contributed by atoms with Crippen LogP contribution >= 0.6 is 0 Å². The van der Waals surface area contributed by atoms with Crippen molar-refractivity contribution in [3.05, 3.63) is 60.2 Å². The summed E-state index contributed by atoms with van der Waals surface area (Å²) in [6.07, 6.45) is 3.59. The van der Waals surface area contributed by atoms with E-state index in [0.29, 0.717) is 12.6 Å². The molecular weight excluding hydrogens is 324 g/mol. The smallest absolute Gasteiger partial charge is 0.241 e. The highest BCUT2D eigenvalue weighted by Crippen LogP contribution is 2.32. The van der Waals surface area contributed by atoms with Gasteiger partial charge in [0.1, 0.15) is 5.75 Å². The van der Waals surface area contributed by atoms with Gasteiger partial charge in [-0.3, -0.25) is 9.69 Å². The van der Waals surface area contributed by atoms with E-state index in [2.05, 4.69) is 35.2 Å². The van der Waals surface area contributed by atoms with Gasteiger partial charge in [-0.1, -0.05) is 36.4 Å². The van der Waals surface area contributed by atoms with Crippen LogP contribution in [0.2, 0.25) is 0 Å². The molecule has 0 N–H and O–H groups in total. The third kappa shape index (κ3) is 3.91. The molecule has 1 atom stereocenters. The van der Waals surface area contributed by atoms with Crippen LogP contribution in [0.1, 0.15) is 18.4 Å². The zero-order chi connectivity index (χ0) is 17.9. The Morgan fingerprint density at radius 2 is 1.88 bits per heavy atom. The Morgan fingerprint density at radius 1 is 1.08 bits per heavy atom. The molecule has 2 aromatic rings. The summed E-state index contributed by atoms with van der Waals surface area (Å²) in [4.78, 5) is 17.2. The molecule has 0 radical (unpaired) electrons. The minimum atomic E-state index is 0.184. The zero-order valence-corrected chi connectivity index (χ0v) is 15.3. The van der Waals surface area contributed by atoms with Crippen LogP contribution in [0.5, 0.6) is 5.75 Å². The van der Waals surface area contributed by atoms with Gasteiger partial charge >= 0.3 is 0 Å². The summed E-state index contributed by atoms with van der Waals surface area (Å²) in [5.41, 5.74) is 2.26. The van der Waals surface area contributed by atoms with E-state index in [0.717, 1.165) is 36.9 Å². The molecule has 1 amide bonds. The molecular formula is C22H26N2O2. The third-order valence-corrected chi connectivity index (χ3v) is 5.42. The molecule has 2 aliphatic rings. The molecule has 4 rings (SSSR count). The van der Waals surface area contributed by atoms with Crippen LogP contribution in [0.4, 0.5) is 5.69 Å². The Labute approximate surface area is 155 Å². The van der Waals surface area contributed by atoms with E-state index in [1.165, 1.54) is 18.4 Å². The summed E-state index contributed by atoms with van der Waals surface area (Å²) in [7, 11) is 1.66. The molecule has 26 heavy (non-hydrogen) atoms. The van der Waals surface area contributed by atoms with Crippen molar-refractivity contribution in [2.75, 3.05) is 31.6 Å². The van der Waals surface area contributed by atoms with Gasteiger partial charge in [-0.2, -0.15) is 0 Å². The fourth-order valence-corrected chi connectivity index (χ4v) is 3.77. The molecule has 1 aliphatic heterocycles. The van der Waals surface area contributed by atoms with E-state index >= 15 is 0 Å². The van der Waals surface area contributed by atoms with Gasteiger partial charge in [-0.25, -0.2) is 0 Å². The number of rotatable bonds is 6. The first-order valence-corrected chi connectivity index (χ1v) is 9.45. The summed E-state index contributed by atoms with van der Waals surface area (Å²) in [6.45, 7) is 2.29. The monoisotopic (exact) mass is 350 g/mol. The molecule has 2 aromatic carbocycles. The van der Waals surface area contributed by atoms with Crippen LogP contribution in [0.3, 0.4) is 0 Å². The summed E-state index contributed by atoms with van der Waals surface area (Å²) >= 11 is 0. The number of hydrogen-bond donors (Lipinski definition) is 0. The van der Waals surface area contributed by atoms with Crippen LogP contribution in [-0.2, 0) is 11.2 Å². The normalized spacial score (nSPS) is 21.0. The number of methoxy groups -OCH3 is 1. The number of anilines is 1. The number of nitrogens with zero attached hydrogens (tertiary/aromatic N) is 2. The molecule has 4 heteroatoms. The number of hydrogen-bond acceptors (Lipinski definition) is 3. The number of benzene rings is 2. The Kier molecular flexibility index (Phi) is 4.93. The lowest BCUT2D eigenvalue weighted by Gasteiger charge is -2.41. The molecule has 0 aromatic heterocycles. The number of carbonyl (C=O) groups is 1. The van der Waals surface area contributed by atoms with Gasteiger partial charge in [0, 0.05) is 30.9 Å². The first-order valence-electron chi connectivity index (χ1n) is 9.45. The lowest BCUT2D eigenvalue weighted by atomic mass is 10.0. The minimum Gasteiger partial charge on any atom is -0.497 e. The second kappa shape index (κ2) is 7.50. The number of amides is 1. The minimum absolute atomic E-state index is 0.184. The largest absolute Gasteiger partial charge is 0.497 e. The van der Waals surface area contributed by atoms with Crippen LogP contribution in [0, 0.1) is 5.92 Å². The second-order valence-corrected chi connectivity index (χ2v) is 7.42. The standard InChI is InChI=1S/C22H26N2O2/c1-26-21-9-5-8-19(13-21)24-15-20(12-17-6-3-2-4-7-17)23(16-22(24)25)14-18-10-11-18/h2-9,13,18,20H,10-12,14-16H2,1H3/t20-/m0/s1. The fourth-order valence-electron chi connectivity index (χ4n) is 3.77. The van der Waals surface area contributed by atoms with Gasteiger partial charge in [-0.05, 0) is 42.9 Å². The van der Waals surface area contributed by atoms with Crippen molar-refractivity contribution < 1.29 is 9.53 Å². The summed E-state index contributed by atoms with van der Waals surface area (Å²) in [5, 5.41) is 0. The van der Waals surface area contributed by atoms with Crippen LogP contribution < -0.4 is 9.64 Å². The van der Waals surface area contributed by atoms with Crippen molar-refractivity contribution in [1.29, 1.82) is 0 Å². The SMILES string of the molecule is COc1cccc(N2C[C@H](Cc3ccccc3)N(CC3CC3)CC2=O)c1. The van der Waals surface area contributed by atoms with Crippen LogP contribution in [0.15, 0.2) is 54.6 Å². The van der Waals surface area contributed by atoms with Crippen molar-refractivity contribution in [2.24, 2.45) is 5.92 Å². The lowest BCUT2D eigenvalue weighted by molar-refractivity contribution is -0.122. The maximum Gasteiger partial charge on any atom is 0.241 e. The molecule has 1 heterocycles. The average molecular weight is 350 g/mol. The van der Waals surface area contributed by atoms with Gasteiger partial charge < -0.3 is 9.64 Å². The van der Waals surface area contributed by atoms with Gasteiger partial charge in [0.25, 0.3) is 0 Å². The van der Waals surface area contributed by atoms with E-state index in [4.69, 9.17) is 4.74 Å². The maximum absolute atomic E-state index is 12.8. The first-order chi connectivity index (χ1) is 12.7. The second-order valence-electron chi connectivity index (χ2n) is 7.42. The van der Waals surface area contributed by atoms with Crippen molar-refractivity contribution in [3.63, 3.8) is 0 Å². The summed E-state index contributed by atoms with van der Waals surface area (Å²) < 4.78 is 5.34. The highest BCUT2D eigenvalue weighted by Gasteiger charge is 2.36. The Balaban J connectivity index is 1.56. The van der Waals surface area contributed by atoms with Crippen molar-refractivity contribution in [1.82, 2.24) is 4.90 Å². The predicted octanol–water partition coefficient (Wildman–Crippen LogP) is 3.37. The number of carbonyl (C=O) groups excluding carboxylic acids is 1. The van der Waals surface area contributed by atoms with Gasteiger partial charge in [-0.15, -0.1) is 0 Å². The van der Waals surface area contributed by atoms with Crippen molar-refractivity contribution in [2.45, 2.75) is 25.3 Å². The van der Waals surface area contributed by atoms with Gasteiger partial charge in [0.15, 0.2) is 0 Å². The Bertz CT molecular complexity index is 758. The Morgan fingerprint density at radius 3 is 2.62 bits per heavy atom. The number of piperazine rings is 1. The maximum atomic E-state index is 12.8. The quantitative estimate of drug-likeness (QED) is 0.801. The molecule has 0 spiro atoms. The highest BCUT2D eigenvalue weighted by molar-refractivity contribution is 5.95. The molecule has 2 fully saturated rings. The molecule has 0 unspecified atom stereocenters. The Hall–Kier alpha value is -2.33. The zero-order valence-electron chi connectivity index (χ0n) is 15.3. The van der Waals surface area contributed by atoms with E-state index < -0.39 is 0 Å². The van der Waals surface area contributed by atoms with E-state index in [9.17, 15) is 4.79 Å². The predicted molar refractivity (Wildman–Crippen MR) is 104 cm³/mol. The van der Waals surface area contributed by atoms with E-state index in [1.54, 1.807) is 7.11 Å². The van der Waals surface area contributed by atoms with Crippen LogP contribution in [0.25, 0.3) is 0 Å². The topological polar surface area (TPSA) is 32.8 Å². The lowest BCUT2D eigenvalue weighted by Crippen LogP contribution is -2.57. The molecule has 0 bridgehead atoms. The summed E-state index contributed by atoms with van der Waals surface area (Å²) in [5.74, 6) is 1.75. The number of ether oxygens (including phenoxy) is 1. The molecule has 1 aliphatic carbocycles. The molecule has 1 saturated heterocycles.